The van der Waals surface area contributed by atoms with Crippen molar-refractivity contribution >= 4 is 21.7 Å². The molecule has 0 spiro atoms. The molecule has 4 heteroatoms. The number of anilines is 1. The fourth-order valence-corrected chi connectivity index (χ4v) is 2.75. The molecule has 0 radical (unpaired) electrons. The van der Waals surface area contributed by atoms with Gasteiger partial charge in [-0.15, -0.1) is 0 Å². The van der Waals surface area contributed by atoms with Gasteiger partial charge in [0.25, 0.3) is 0 Å². The third kappa shape index (κ3) is 2.73. The van der Waals surface area contributed by atoms with Crippen LogP contribution in [0.3, 0.4) is 0 Å². The predicted molar refractivity (Wildman–Crippen MR) is 69.6 cm³/mol. The van der Waals surface area contributed by atoms with E-state index in [1.54, 1.807) is 6.33 Å². The number of nitrogens with zero attached hydrogens (tertiary/aromatic N) is 3. The molecule has 1 heterocycles. The van der Waals surface area contributed by atoms with Crippen molar-refractivity contribution in [3.8, 4) is 0 Å². The van der Waals surface area contributed by atoms with E-state index in [2.05, 4.69) is 44.8 Å². The average molecular weight is 284 g/mol. The van der Waals surface area contributed by atoms with Gasteiger partial charge in [0.2, 0.25) is 0 Å². The summed E-state index contributed by atoms with van der Waals surface area (Å²) in [6, 6.07) is 2.62. The third-order valence-electron chi connectivity index (χ3n) is 3.44. The zero-order chi connectivity index (χ0) is 11.5. The van der Waals surface area contributed by atoms with E-state index < -0.39 is 0 Å². The van der Waals surface area contributed by atoms with Gasteiger partial charge in [0.15, 0.2) is 0 Å². The van der Waals surface area contributed by atoms with Crippen molar-refractivity contribution in [2.24, 2.45) is 5.92 Å². The van der Waals surface area contributed by atoms with E-state index in [1.807, 2.05) is 6.07 Å². The average Bonchev–Trinajstić information content (AvgIpc) is 2.28. The Morgan fingerprint density at radius 2 is 2.19 bits per heavy atom. The quantitative estimate of drug-likeness (QED) is 0.781. The SMILES string of the molecule is CC1CCCC(N(C)c2cc(Br)ncn2)C1. The van der Waals surface area contributed by atoms with Crippen molar-refractivity contribution in [1.29, 1.82) is 0 Å². The van der Waals surface area contributed by atoms with Gasteiger partial charge < -0.3 is 4.90 Å². The Morgan fingerprint density at radius 3 is 2.88 bits per heavy atom. The fraction of sp³-hybridized carbons (Fsp3) is 0.667. The minimum Gasteiger partial charge on any atom is -0.357 e. The van der Waals surface area contributed by atoms with Crippen LogP contribution in [0.5, 0.6) is 0 Å². The maximum Gasteiger partial charge on any atom is 0.133 e. The first kappa shape index (κ1) is 11.8. The van der Waals surface area contributed by atoms with Gasteiger partial charge in [-0.05, 0) is 34.7 Å². The third-order valence-corrected chi connectivity index (χ3v) is 3.87. The van der Waals surface area contributed by atoms with Gasteiger partial charge in [0.05, 0.1) is 0 Å². The van der Waals surface area contributed by atoms with Crippen LogP contribution in [-0.4, -0.2) is 23.1 Å². The van der Waals surface area contributed by atoms with Crippen molar-refractivity contribution in [2.75, 3.05) is 11.9 Å². The van der Waals surface area contributed by atoms with Gasteiger partial charge in [-0.25, -0.2) is 9.97 Å². The van der Waals surface area contributed by atoms with E-state index >= 15 is 0 Å². The first-order valence-electron chi connectivity index (χ1n) is 5.87. The molecule has 0 aromatic carbocycles. The van der Waals surface area contributed by atoms with E-state index in [0.29, 0.717) is 6.04 Å². The number of rotatable bonds is 2. The van der Waals surface area contributed by atoms with Crippen LogP contribution >= 0.6 is 15.9 Å². The summed E-state index contributed by atoms with van der Waals surface area (Å²) in [4.78, 5) is 10.7. The van der Waals surface area contributed by atoms with E-state index in [4.69, 9.17) is 0 Å². The maximum absolute atomic E-state index is 4.32. The molecule has 16 heavy (non-hydrogen) atoms. The van der Waals surface area contributed by atoms with Gasteiger partial charge in [-0.1, -0.05) is 19.8 Å². The van der Waals surface area contributed by atoms with Crippen molar-refractivity contribution in [3.05, 3.63) is 17.0 Å². The van der Waals surface area contributed by atoms with Gasteiger partial charge >= 0.3 is 0 Å². The second-order valence-electron chi connectivity index (χ2n) is 4.74. The van der Waals surface area contributed by atoms with Gasteiger partial charge in [0.1, 0.15) is 16.7 Å². The van der Waals surface area contributed by atoms with Gasteiger partial charge in [0, 0.05) is 19.2 Å². The minimum atomic E-state index is 0.630. The number of aromatic nitrogens is 2. The molecule has 1 saturated carbocycles. The van der Waals surface area contributed by atoms with E-state index in [0.717, 1.165) is 16.3 Å². The molecule has 88 valence electrons. The van der Waals surface area contributed by atoms with Crippen LogP contribution in [0.1, 0.15) is 32.6 Å². The van der Waals surface area contributed by atoms with Crippen LogP contribution in [0.4, 0.5) is 5.82 Å². The molecule has 2 atom stereocenters. The lowest BCUT2D eigenvalue weighted by molar-refractivity contribution is 0.335. The van der Waals surface area contributed by atoms with Crippen molar-refractivity contribution < 1.29 is 0 Å². The Labute approximate surface area is 105 Å². The zero-order valence-electron chi connectivity index (χ0n) is 9.86. The summed E-state index contributed by atoms with van der Waals surface area (Å²) in [6.07, 6.45) is 6.88. The van der Waals surface area contributed by atoms with Crippen LogP contribution in [0.25, 0.3) is 0 Å². The first-order chi connectivity index (χ1) is 7.66. The predicted octanol–water partition coefficient (Wildman–Crippen LogP) is 3.25. The Morgan fingerprint density at radius 1 is 1.38 bits per heavy atom. The molecule has 3 nitrogen and oxygen atoms in total. The summed E-state index contributed by atoms with van der Waals surface area (Å²) < 4.78 is 0.855. The fourth-order valence-electron chi connectivity index (χ4n) is 2.46. The molecule has 1 aliphatic rings. The molecule has 0 N–H and O–H groups in total. The number of hydrogen-bond donors (Lipinski definition) is 0. The molecule has 1 fully saturated rings. The topological polar surface area (TPSA) is 29.0 Å². The van der Waals surface area contributed by atoms with E-state index in [-0.39, 0.29) is 0 Å². The van der Waals surface area contributed by atoms with Crippen LogP contribution in [0.15, 0.2) is 17.0 Å². The highest BCUT2D eigenvalue weighted by Gasteiger charge is 2.23. The zero-order valence-corrected chi connectivity index (χ0v) is 11.4. The molecule has 0 amide bonds. The van der Waals surface area contributed by atoms with Gasteiger partial charge in [-0.3, -0.25) is 0 Å². The molecule has 1 aromatic rings. The molecule has 2 rings (SSSR count). The second kappa shape index (κ2) is 5.13. The summed E-state index contributed by atoms with van der Waals surface area (Å²) in [5, 5.41) is 0. The summed E-state index contributed by atoms with van der Waals surface area (Å²) in [5.74, 6) is 1.85. The molecule has 2 unspecified atom stereocenters. The molecule has 0 bridgehead atoms. The second-order valence-corrected chi connectivity index (χ2v) is 5.55. The Balaban J connectivity index is 2.09. The monoisotopic (exact) mass is 283 g/mol. The summed E-state index contributed by atoms with van der Waals surface area (Å²) in [5.41, 5.74) is 0. The minimum absolute atomic E-state index is 0.630. The lowest BCUT2D eigenvalue weighted by Gasteiger charge is -2.34. The van der Waals surface area contributed by atoms with E-state index in [9.17, 15) is 0 Å². The Bertz CT molecular complexity index is 356. The lowest BCUT2D eigenvalue weighted by atomic mass is 9.86. The lowest BCUT2D eigenvalue weighted by Crippen LogP contribution is -2.36. The molecular formula is C12H18BrN3. The largest absolute Gasteiger partial charge is 0.357 e. The molecule has 1 aliphatic carbocycles. The number of halogens is 1. The molecule has 0 saturated heterocycles. The smallest absolute Gasteiger partial charge is 0.133 e. The Kier molecular flexibility index (Phi) is 3.79. The molecular weight excluding hydrogens is 266 g/mol. The summed E-state index contributed by atoms with van der Waals surface area (Å²) in [6.45, 7) is 2.34. The number of hydrogen-bond acceptors (Lipinski definition) is 3. The first-order valence-corrected chi connectivity index (χ1v) is 6.66. The molecule has 0 aliphatic heterocycles. The maximum atomic E-state index is 4.32. The highest BCUT2D eigenvalue weighted by Crippen LogP contribution is 2.29. The summed E-state index contributed by atoms with van der Waals surface area (Å²) in [7, 11) is 2.14. The van der Waals surface area contributed by atoms with E-state index in [1.165, 1.54) is 25.7 Å². The molecule has 1 aromatic heterocycles. The highest BCUT2D eigenvalue weighted by atomic mass is 79.9. The van der Waals surface area contributed by atoms with Crippen LogP contribution in [0.2, 0.25) is 0 Å². The van der Waals surface area contributed by atoms with Gasteiger partial charge in [-0.2, -0.15) is 0 Å². The van der Waals surface area contributed by atoms with Crippen LogP contribution in [0, 0.1) is 5.92 Å². The van der Waals surface area contributed by atoms with Crippen LogP contribution < -0.4 is 4.90 Å². The van der Waals surface area contributed by atoms with Crippen molar-refractivity contribution in [3.63, 3.8) is 0 Å². The normalized spacial score (nSPS) is 25.4. The highest BCUT2D eigenvalue weighted by molar-refractivity contribution is 9.10. The van der Waals surface area contributed by atoms with Crippen molar-refractivity contribution in [1.82, 2.24) is 9.97 Å². The van der Waals surface area contributed by atoms with Crippen molar-refractivity contribution in [2.45, 2.75) is 38.6 Å². The standard InChI is InChI=1S/C12H18BrN3/c1-9-4-3-5-10(6-9)16(2)12-7-11(13)14-8-15-12/h7-10H,3-6H2,1-2H3. The Hall–Kier alpha value is -0.640. The van der Waals surface area contributed by atoms with Crippen LogP contribution in [-0.2, 0) is 0 Å². The summed E-state index contributed by atoms with van der Waals surface area (Å²) >= 11 is 3.39.